The van der Waals surface area contributed by atoms with E-state index in [-0.39, 0.29) is 34.3 Å². The molecule has 0 saturated carbocycles. The quantitative estimate of drug-likeness (QED) is 0.731. The summed E-state index contributed by atoms with van der Waals surface area (Å²) in [7, 11) is 2.45. The summed E-state index contributed by atoms with van der Waals surface area (Å²) in [4.78, 5) is 12.9. The number of rotatable bonds is 1. The molecule has 2 aromatic rings. The average molecular weight is 364 g/mol. The van der Waals surface area contributed by atoms with Crippen LogP contribution in [0, 0.1) is 5.82 Å². The van der Waals surface area contributed by atoms with Crippen LogP contribution in [-0.4, -0.2) is 29.3 Å². The van der Waals surface area contributed by atoms with E-state index in [1.54, 1.807) is 0 Å². The molecule has 128 valence electrons. The molecule has 0 unspecified atom stereocenters. The number of hydrogen-bond donors (Lipinski definition) is 0. The molecule has 1 aliphatic rings. The van der Waals surface area contributed by atoms with Crippen LogP contribution < -0.4 is 9.64 Å². The number of benzene rings is 1. The molecule has 0 aliphatic carbocycles. The van der Waals surface area contributed by atoms with Gasteiger partial charge in [-0.1, -0.05) is 11.6 Å². The number of ether oxygens (including phenoxy) is 1. The Hall–Kier alpha value is -2.29. The zero-order valence-electron chi connectivity index (χ0n) is 12.4. The molecule has 1 aromatic heterocycles. The van der Waals surface area contributed by atoms with Crippen molar-refractivity contribution in [3.8, 4) is 17.0 Å². The van der Waals surface area contributed by atoms with E-state index in [4.69, 9.17) is 16.3 Å². The molecule has 0 spiro atoms. The lowest BCUT2D eigenvalue weighted by atomic mass is 10.1. The zero-order valence-corrected chi connectivity index (χ0v) is 13.2. The Morgan fingerprint density at radius 1 is 1.29 bits per heavy atom. The fraction of sp³-hybridized carbons (Fsp3) is 0.286. The lowest BCUT2D eigenvalue weighted by molar-refractivity contribution is -0.143. The van der Waals surface area contributed by atoms with Crippen LogP contribution in [0.5, 0.6) is 5.75 Å². The average Bonchev–Trinajstić information content (AvgIpc) is 2.85. The molecular formula is C14H10ClF4N3O2. The van der Waals surface area contributed by atoms with Gasteiger partial charge in [0.15, 0.2) is 12.4 Å². The number of carbonyl (C=O) groups excluding carboxylic acids is 1. The van der Waals surface area contributed by atoms with Crippen molar-refractivity contribution >= 4 is 23.2 Å². The Balaban J connectivity index is 2.28. The molecule has 1 amide bonds. The number of alkyl halides is 3. The van der Waals surface area contributed by atoms with E-state index in [0.717, 1.165) is 18.0 Å². The first-order chi connectivity index (χ1) is 11.1. The predicted molar refractivity (Wildman–Crippen MR) is 77.5 cm³/mol. The first kappa shape index (κ1) is 16.6. The Labute approximate surface area is 138 Å². The molecule has 5 nitrogen and oxygen atoms in total. The van der Waals surface area contributed by atoms with Crippen molar-refractivity contribution in [3.05, 3.63) is 28.7 Å². The molecule has 10 heteroatoms. The second-order valence-corrected chi connectivity index (χ2v) is 5.58. The van der Waals surface area contributed by atoms with Crippen molar-refractivity contribution in [2.75, 3.05) is 18.6 Å². The Bertz CT molecular complexity index is 848. The fourth-order valence-electron chi connectivity index (χ4n) is 2.50. The van der Waals surface area contributed by atoms with Gasteiger partial charge in [0.2, 0.25) is 0 Å². The summed E-state index contributed by atoms with van der Waals surface area (Å²) >= 11 is 5.92. The maximum Gasteiger partial charge on any atom is 0.433 e. The first-order valence-corrected chi connectivity index (χ1v) is 7.02. The second kappa shape index (κ2) is 5.37. The number of hydrogen-bond acceptors (Lipinski definition) is 3. The summed E-state index contributed by atoms with van der Waals surface area (Å²) < 4.78 is 59.1. The van der Waals surface area contributed by atoms with Gasteiger partial charge in [0.25, 0.3) is 5.91 Å². The van der Waals surface area contributed by atoms with Crippen molar-refractivity contribution < 1.29 is 27.1 Å². The van der Waals surface area contributed by atoms with Gasteiger partial charge in [0, 0.05) is 14.1 Å². The molecule has 24 heavy (non-hydrogen) atoms. The third-order valence-corrected chi connectivity index (χ3v) is 3.92. The molecule has 0 radical (unpaired) electrons. The van der Waals surface area contributed by atoms with E-state index >= 15 is 0 Å². The van der Waals surface area contributed by atoms with Crippen molar-refractivity contribution in [1.29, 1.82) is 0 Å². The van der Waals surface area contributed by atoms with Gasteiger partial charge >= 0.3 is 6.18 Å². The minimum atomic E-state index is -4.65. The third-order valence-electron chi connectivity index (χ3n) is 3.64. The summed E-state index contributed by atoms with van der Waals surface area (Å²) in [6.07, 6.45) is -4.65. The number of likely N-dealkylation sites (N-methyl/N-ethyl adjacent to an activating group) is 1. The van der Waals surface area contributed by atoms with Gasteiger partial charge in [-0.15, -0.1) is 0 Å². The van der Waals surface area contributed by atoms with Crippen LogP contribution in [0.15, 0.2) is 12.1 Å². The summed E-state index contributed by atoms with van der Waals surface area (Å²) in [5.74, 6) is -1.37. The molecular weight excluding hydrogens is 354 g/mol. The van der Waals surface area contributed by atoms with E-state index in [9.17, 15) is 22.4 Å². The second-order valence-electron chi connectivity index (χ2n) is 5.17. The molecule has 3 rings (SSSR count). The maximum atomic E-state index is 14.5. The molecule has 0 bridgehead atoms. The summed E-state index contributed by atoms with van der Waals surface area (Å²) in [5, 5.41) is 3.64. The van der Waals surface area contributed by atoms with Crippen LogP contribution in [0.3, 0.4) is 0 Å². The number of amides is 1. The van der Waals surface area contributed by atoms with E-state index in [2.05, 4.69) is 5.10 Å². The lowest BCUT2D eigenvalue weighted by Crippen LogP contribution is -2.36. The van der Waals surface area contributed by atoms with Gasteiger partial charge < -0.3 is 9.64 Å². The largest absolute Gasteiger partial charge is 0.480 e. The molecule has 0 fully saturated rings. The topological polar surface area (TPSA) is 47.4 Å². The van der Waals surface area contributed by atoms with Crippen molar-refractivity contribution in [2.24, 2.45) is 7.05 Å². The Morgan fingerprint density at radius 3 is 2.54 bits per heavy atom. The van der Waals surface area contributed by atoms with E-state index in [1.165, 1.54) is 7.05 Å². The highest BCUT2D eigenvalue weighted by Gasteiger charge is 2.37. The SMILES string of the molecule is CN1C(=O)COc2c(Cl)cc(F)c(-c3cc(C(F)(F)F)n(C)n3)c21. The molecule has 0 N–H and O–H groups in total. The highest BCUT2D eigenvalue weighted by Crippen LogP contribution is 2.46. The van der Waals surface area contributed by atoms with Crippen LogP contribution in [-0.2, 0) is 18.0 Å². The minimum absolute atomic E-state index is 0.0226. The summed E-state index contributed by atoms with van der Waals surface area (Å²) in [6, 6.07) is 1.63. The van der Waals surface area contributed by atoms with Crippen molar-refractivity contribution in [1.82, 2.24) is 9.78 Å². The van der Waals surface area contributed by atoms with Gasteiger partial charge in [0.05, 0.1) is 22.0 Å². The molecule has 0 atom stereocenters. The van der Waals surface area contributed by atoms with Gasteiger partial charge in [-0.3, -0.25) is 9.48 Å². The predicted octanol–water partition coefficient (Wildman–Crippen LogP) is 3.25. The highest BCUT2D eigenvalue weighted by atomic mass is 35.5. The molecule has 0 saturated heterocycles. The maximum absolute atomic E-state index is 14.5. The molecule has 1 aromatic carbocycles. The number of fused-ring (bicyclic) bond motifs is 1. The van der Waals surface area contributed by atoms with Gasteiger partial charge in [-0.25, -0.2) is 4.39 Å². The third kappa shape index (κ3) is 2.48. The van der Waals surface area contributed by atoms with Crippen LogP contribution in [0.25, 0.3) is 11.3 Å². The summed E-state index contributed by atoms with van der Waals surface area (Å²) in [5.41, 5.74) is -1.66. The van der Waals surface area contributed by atoms with Crippen molar-refractivity contribution in [3.63, 3.8) is 0 Å². The zero-order chi connectivity index (χ0) is 17.8. The van der Waals surface area contributed by atoms with Crippen LogP contribution >= 0.6 is 11.6 Å². The van der Waals surface area contributed by atoms with E-state index in [0.29, 0.717) is 10.7 Å². The van der Waals surface area contributed by atoms with E-state index < -0.39 is 23.6 Å². The first-order valence-electron chi connectivity index (χ1n) is 6.64. The lowest BCUT2D eigenvalue weighted by Gasteiger charge is -2.28. The smallest absolute Gasteiger partial charge is 0.433 e. The number of anilines is 1. The number of aryl methyl sites for hydroxylation is 1. The minimum Gasteiger partial charge on any atom is -0.480 e. The Kier molecular flexibility index (Phi) is 3.71. The molecule has 2 heterocycles. The number of nitrogens with zero attached hydrogens (tertiary/aromatic N) is 3. The van der Waals surface area contributed by atoms with Gasteiger partial charge in [0.1, 0.15) is 11.5 Å². The number of halogens is 5. The monoisotopic (exact) mass is 363 g/mol. The Morgan fingerprint density at radius 2 is 1.96 bits per heavy atom. The highest BCUT2D eigenvalue weighted by molar-refractivity contribution is 6.33. The standard InChI is InChI=1S/C14H10ClF4N3O2/c1-21-10(23)5-24-13-6(15)3-7(16)11(12(13)21)8-4-9(14(17,18)19)22(2)20-8/h3-4H,5H2,1-2H3. The van der Waals surface area contributed by atoms with Gasteiger partial charge in [-0.2, -0.15) is 18.3 Å². The van der Waals surface area contributed by atoms with Crippen LogP contribution in [0.1, 0.15) is 5.69 Å². The van der Waals surface area contributed by atoms with Crippen LogP contribution in [0.2, 0.25) is 5.02 Å². The fourth-order valence-corrected chi connectivity index (χ4v) is 2.74. The normalized spacial score (nSPS) is 14.6. The van der Waals surface area contributed by atoms with Crippen LogP contribution in [0.4, 0.5) is 23.2 Å². The summed E-state index contributed by atoms with van der Waals surface area (Å²) in [6.45, 7) is -0.301. The number of aromatic nitrogens is 2. The molecule has 1 aliphatic heterocycles. The number of carbonyl (C=O) groups is 1. The van der Waals surface area contributed by atoms with Crippen molar-refractivity contribution in [2.45, 2.75) is 6.18 Å². The van der Waals surface area contributed by atoms with Gasteiger partial charge in [-0.05, 0) is 12.1 Å². The van der Waals surface area contributed by atoms with E-state index in [1.807, 2.05) is 0 Å².